The van der Waals surface area contributed by atoms with Gasteiger partial charge in [0.15, 0.2) is 0 Å². The van der Waals surface area contributed by atoms with Crippen LogP contribution in [0.3, 0.4) is 0 Å². The zero-order valence-corrected chi connectivity index (χ0v) is 9.07. The topological polar surface area (TPSA) is 59.0 Å². The number of hydrogen-bond acceptors (Lipinski definition) is 3. The average Bonchev–Trinajstić information content (AvgIpc) is 2.70. The molecule has 84 valence electrons. The molecule has 0 aromatic carbocycles. The minimum atomic E-state index is 0.0524. The van der Waals surface area contributed by atoms with E-state index in [-0.39, 0.29) is 5.91 Å². The fourth-order valence-corrected chi connectivity index (χ4v) is 1.26. The Morgan fingerprint density at radius 1 is 1.53 bits per heavy atom. The molecule has 1 heterocycles. The summed E-state index contributed by atoms with van der Waals surface area (Å²) in [6.45, 7) is 4.71. The van der Waals surface area contributed by atoms with E-state index in [0.717, 1.165) is 19.5 Å². The summed E-state index contributed by atoms with van der Waals surface area (Å²) in [5, 5.41) is 9.90. The third kappa shape index (κ3) is 5.17. The highest BCUT2D eigenvalue weighted by Gasteiger charge is 1.97. The summed E-state index contributed by atoms with van der Waals surface area (Å²) in [7, 11) is 0. The van der Waals surface area contributed by atoms with Crippen molar-refractivity contribution in [1.29, 1.82) is 0 Å². The van der Waals surface area contributed by atoms with E-state index >= 15 is 0 Å². The molecule has 0 atom stereocenters. The number of rotatable bonds is 7. The van der Waals surface area contributed by atoms with Gasteiger partial charge in [0, 0.05) is 25.5 Å². The molecule has 0 fully saturated rings. The van der Waals surface area contributed by atoms with E-state index in [1.54, 1.807) is 6.20 Å². The summed E-state index contributed by atoms with van der Waals surface area (Å²) in [5.74, 6) is 0.0524. The largest absolute Gasteiger partial charge is 0.355 e. The molecule has 0 bridgehead atoms. The number of carbonyl (C=O) groups excluding carboxylic acids is 1. The van der Waals surface area contributed by atoms with Crippen molar-refractivity contribution in [3.8, 4) is 0 Å². The second kappa shape index (κ2) is 7.00. The lowest BCUT2D eigenvalue weighted by atomic mass is 10.4. The summed E-state index contributed by atoms with van der Waals surface area (Å²) in [4.78, 5) is 11.0. The number of hydrogen-bond donors (Lipinski definition) is 2. The van der Waals surface area contributed by atoms with Crippen LogP contribution in [-0.2, 0) is 11.3 Å². The zero-order valence-electron chi connectivity index (χ0n) is 9.07. The van der Waals surface area contributed by atoms with Crippen LogP contribution in [-0.4, -0.2) is 35.3 Å². The van der Waals surface area contributed by atoms with Gasteiger partial charge in [-0.1, -0.05) is 0 Å². The minimum absolute atomic E-state index is 0.0524. The number of carbonyl (C=O) groups is 1. The maximum absolute atomic E-state index is 11.0. The molecular formula is C10H18N4O. The lowest BCUT2D eigenvalue weighted by Gasteiger charge is -2.04. The molecule has 1 rings (SSSR count). The second-order valence-electron chi connectivity index (χ2n) is 3.25. The number of nitrogens with one attached hydrogen (secondary N) is 2. The molecule has 0 saturated carbocycles. The van der Waals surface area contributed by atoms with Crippen molar-refractivity contribution in [2.24, 2.45) is 0 Å². The third-order valence-electron chi connectivity index (χ3n) is 1.96. The van der Waals surface area contributed by atoms with Crippen molar-refractivity contribution >= 4 is 5.91 Å². The van der Waals surface area contributed by atoms with E-state index in [0.29, 0.717) is 13.1 Å². The van der Waals surface area contributed by atoms with Crippen LogP contribution in [0.4, 0.5) is 0 Å². The Hall–Kier alpha value is -1.36. The van der Waals surface area contributed by atoms with Crippen molar-refractivity contribution in [1.82, 2.24) is 20.4 Å². The summed E-state index contributed by atoms with van der Waals surface area (Å²) in [6.07, 6.45) is 4.67. The average molecular weight is 210 g/mol. The molecule has 0 saturated heterocycles. The predicted molar refractivity (Wildman–Crippen MR) is 58.4 cm³/mol. The van der Waals surface area contributed by atoms with Crippen LogP contribution in [0.1, 0.15) is 13.3 Å². The van der Waals surface area contributed by atoms with Crippen molar-refractivity contribution < 1.29 is 4.79 Å². The van der Waals surface area contributed by atoms with E-state index in [9.17, 15) is 4.79 Å². The van der Waals surface area contributed by atoms with Gasteiger partial charge >= 0.3 is 0 Å². The maximum Gasteiger partial charge on any atom is 0.233 e. The fourth-order valence-electron chi connectivity index (χ4n) is 1.26. The SMILES string of the molecule is CCNC(=O)CNCCCn1cccn1. The Morgan fingerprint density at radius 3 is 3.07 bits per heavy atom. The molecule has 1 aromatic heterocycles. The highest BCUT2D eigenvalue weighted by molar-refractivity contribution is 5.77. The standard InChI is InChI=1S/C10H18N4O/c1-2-12-10(15)9-11-5-3-7-14-8-4-6-13-14/h4,6,8,11H,2-3,5,7,9H2,1H3,(H,12,15). The van der Waals surface area contributed by atoms with Crippen LogP contribution >= 0.6 is 0 Å². The first-order valence-corrected chi connectivity index (χ1v) is 5.27. The molecule has 2 N–H and O–H groups in total. The van der Waals surface area contributed by atoms with E-state index < -0.39 is 0 Å². The van der Waals surface area contributed by atoms with Gasteiger partial charge in [0.05, 0.1) is 6.54 Å². The van der Waals surface area contributed by atoms with Crippen LogP contribution in [0.15, 0.2) is 18.5 Å². The smallest absolute Gasteiger partial charge is 0.233 e. The molecule has 0 aliphatic heterocycles. The van der Waals surface area contributed by atoms with Gasteiger partial charge in [0.1, 0.15) is 0 Å². The van der Waals surface area contributed by atoms with Crippen LogP contribution in [0, 0.1) is 0 Å². The van der Waals surface area contributed by atoms with Gasteiger partial charge in [-0.15, -0.1) is 0 Å². The van der Waals surface area contributed by atoms with E-state index in [1.807, 2.05) is 23.9 Å². The normalized spacial score (nSPS) is 10.2. The number of likely N-dealkylation sites (N-methyl/N-ethyl adjacent to an activating group) is 1. The maximum atomic E-state index is 11.0. The van der Waals surface area contributed by atoms with Crippen LogP contribution < -0.4 is 10.6 Å². The highest BCUT2D eigenvalue weighted by atomic mass is 16.1. The number of amides is 1. The lowest BCUT2D eigenvalue weighted by Crippen LogP contribution is -2.34. The monoisotopic (exact) mass is 210 g/mol. The van der Waals surface area contributed by atoms with Crippen molar-refractivity contribution in [2.45, 2.75) is 19.9 Å². The Bertz CT molecular complexity index is 271. The molecule has 5 heteroatoms. The highest BCUT2D eigenvalue weighted by Crippen LogP contribution is 1.87. The van der Waals surface area contributed by atoms with Crippen molar-refractivity contribution in [2.75, 3.05) is 19.6 Å². The lowest BCUT2D eigenvalue weighted by molar-refractivity contribution is -0.120. The van der Waals surface area contributed by atoms with E-state index in [2.05, 4.69) is 15.7 Å². The molecule has 0 spiro atoms. The first-order valence-electron chi connectivity index (χ1n) is 5.27. The number of nitrogens with zero attached hydrogens (tertiary/aromatic N) is 2. The zero-order chi connectivity index (χ0) is 10.9. The first-order chi connectivity index (χ1) is 7.33. The quantitative estimate of drug-likeness (QED) is 0.623. The predicted octanol–water partition coefficient (Wildman–Crippen LogP) is -0.00110. The van der Waals surface area contributed by atoms with Gasteiger partial charge in [-0.2, -0.15) is 5.10 Å². The molecule has 15 heavy (non-hydrogen) atoms. The fraction of sp³-hybridized carbons (Fsp3) is 0.600. The second-order valence-corrected chi connectivity index (χ2v) is 3.25. The molecule has 0 aliphatic carbocycles. The minimum Gasteiger partial charge on any atom is -0.355 e. The summed E-state index contributed by atoms with van der Waals surface area (Å²) in [5.41, 5.74) is 0. The van der Waals surface area contributed by atoms with Gasteiger partial charge in [0.25, 0.3) is 0 Å². The van der Waals surface area contributed by atoms with Gasteiger partial charge in [-0.3, -0.25) is 9.48 Å². The number of aryl methyl sites for hydroxylation is 1. The molecule has 0 aliphatic rings. The Labute approximate surface area is 89.9 Å². The summed E-state index contributed by atoms with van der Waals surface area (Å²) in [6, 6.07) is 1.90. The van der Waals surface area contributed by atoms with Gasteiger partial charge in [0.2, 0.25) is 5.91 Å². The Balaban J connectivity index is 1.95. The van der Waals surface area contributed by atoms with E-state index in [1.165, 1.54) is 0 Å². The van der Waals surface area contributed by atoms with Crippen LogP contribution in [0.5, 0.6) is 0 Å². The van der Waals surface area contributed by atoms with Gasteiger partial charge < -0.3 is 10.6 Å². The van der Waals surface area contributed by atoms with Crippen molar-refractivity contribution in [3.05, 3.63) is 18.5 Å². The Kier molecular flexibility index (Phi) is 5.47. The van der Waals surface area contributed by atoms with Crippen LogP contribution in [0.25, 0.3) is 0 Å². The molecular weight excluding hydrogens is 192 g/mol. The van der Waals surface area contributed by atoms with Crippen LogP contribution in [0.2, 0.25) is 0 Å². The van der Waals surface area contributed by atoms with E-state index in [4.69, 9.17) is 0 Å². The molecule has 1 amide bonds. The summed E-state index contributed by atoms with van der Waals surface area (Å²) < 4.78 is 1.88. The first kappa shape index (κ1) is 11.7. The Morgan fingerprint density at radius 2 is 2.40 bits per heavy atom. The van der Waals surface area contributed by atoms with Gasteiger partial charge in [-0.25, -0.2) is 0 Å². The molecule has 5 nitrogen and oxygen atoms in total. The third-order valence-corrected chi connectivity index (χ3v) is 1.96. The van der Waals surface area contributed by atoms with Gasteiger partial charge in [-0.05, 0) is 26.0 Å². The van der Waals surface area contributed by atoms with Crippen molar-refractivity contribution in [3.63, 3.8) is 0 Å². The number of aromatic nitrogens is 2. The molecule has 1 aromatic rings. The summed E-state index contributed by atoms with van der Waals surface area (Å²) >= 11 is 0. The molecule has 0 unspecified atom stereocenters. The molecule has 0 radical (unpaired) electrons.